The predicted octanol–water partition coefficient (Wildman–Crippen LogP) is -1.43. The van der Waals surface area contributed by atoms with E-state index < -0.39 is 12.2 Å². The van der Waals surface area contributed by atoms with Crippen molar-refractivity contribution in [1.29, 1.82) is 0 Å². The summed E-state index contributed by atoms with van der Waals surface area (Å²) in [6, 6.07) is 0. The number of hydrogen-bond donors (Lipinski definition) is 4. The SMILES string of the molecule is NC[C@H](O)CNC(=O)O. The normalized spacial score (nSPS) is 12.7. The number of nitrogens with one attached hydrogen (secondary N) is 1. The molecule has 0 fully saturated rings. The molecule has 0 radical (unpaired) electrons. The maximum absolute atomic E-state index is 9.76. The average molecular weight is 134 g/mol. The largest absolute Gasteiger partial charge is 0.465 e. The van der Waals surface area contributed by atoms with Crippen molar-refractivity contribution < 1.29 is 15.0 Å². The molecule has 0 saturated heterocycles. The van der Waals surface area contributed by atoms with Gasteiger partial charge in [0.25, 0.3) is 0 Å². The number of rotatable bonds is 3. The van der Waals surface area contributed by atoms with Gasteiger partial charge in [-0.1, -0.05) is 0 Å². The molecule has 5 heteroatoms. The molecule has 0 aliphatic carbocycles. The summed E-state index contributed by atoms with van der Waals surface area (Å²) in [5, 5.41) is 18.6. The van der Waals surface area contributed by atoms with Crippen LogP contribution >= 0.6 is 0 Å². The minimum atomic E-state index is -1.15. The van der Waals surface area contributed by atoms with Crippen LogP contribution in [-0.4, -0.2) is 35.5 Å². The second kappa shape index (κ2) is 4.11. The van der Waals surface area contributed by atoms with Crippen molar-refractivity contribution >= 4 is 6.09 Å². The molecule has 0 saturated carbocycles. The van der Waals surface area contributed by atoms with Crippen LogP contribution in [0.4, 0.5) is 4.79 Å². The molecule has 0 aromatic heterocycles. The zero-order chi connectivity index (χ0) is 7.28. The van der Waals surface area contributed by atoms with E-state index in [1.165, 1.54) is 0 Å². The van der Waals surface area contributed by atoms with Crippen molar-refractivity contribution in [2.45, 2.75) is 6.10 Å². The summed E-state index contributed by atoms with van der Waals surface area (Å²) in [6.07, 6.45) is -1.93. The number of hydrogen-bond acceptors (Lipinski definition) is 3. The highest BCUT2D eigenvalue weighted by Gasteiger charge is 2.00. The Morgan fingerprint density at radius 2 is 2.33 bits per heavy atom. The van der Waals surface area contributed by atoms with Crippen molar-refractivity contribution in [2.24, 2.45) is 5.73 Å². The minimum absolute atomic E-state index is 0.00810. The standard InChI is InChI=1S/C4H10N2O3/c5-1-3(7)2-6-4(8)9/h3,6-7H,1-2,5H2,(H,8,9)/t3-/m0/s1. The van der Waals surface area contributed by atoms with Crippen LogP contribution in [0, 0.1) is 0 Å². The third-order valence-electron chi connectivity index (χ3n) is 0.761. The number of aliphatic hydroxyl groups excluding tert-OH is 1. The fourth-order valence-corrected chi connectivity index (χ4v) is 0.288. The summed E-state index contributed by atoms with van der Waals surface area (Å²) >= 11 is 0. The Hall–Kier alpha value is -0.810. The van der Waals surface area contributed by atoms with E-state index in [1.54, 1.807) is 0 Å². The Morgan fingerprint density at radius 3 is 2.67 bits per heavy atom. The van der Waals surface area contributed by atoms with Gasteiger partial charge in [-0.05, 0) is 0 Å². The van der Waals surface area contributed by atoms with Gasteiger partial charge in [-0.15, -0.1) is 0 Å². The first-order chi connectivity index (χ1) is 4.16. The van der Waals surface area contributed by atoms with E-state index in [2.05, 4.69) is 0 Å². The van der Waals surface area contributed by atoms with E-state index in [0.29, 0.717) is 0 Å². The first-order valence-corrected chi connectivity index (χ1v) is 2.51. The lowest BCUT2D eigenvalue weighted by Crippen LogP contribution is -2.35. The lowest BCUT2D eigenvalue weighted by molar-refractivity contribution is 0.162. The maximum atomic E-state index is 9.76. The Morgan fingerprint density at radius 1 is 1.78 bits per heavy atom. The molecule has 0 unspecified atom stereocenters. The van der Waals surface area contributed by atoms with E-state index in [1.807, 2.05) is 5.32 Å². The highest BCUT2D eigenvalue weighted by atomic mass is 16.4. The zero-order valence-corrected chi connectivity index (χ0v) is 4.87. The molecule has 0 bridgehead atoms. The summed E-state index contributed by atoms with van der Waals surface area (Å²) in [5.41, 5.74) is 4.98. The summed E-state index contributed by atoms with van der Waals surface area (Å²) < 4.78 is 0. The number of amides is 1. The van der Waals surface area contributed by atoms with E-state index in [9.17, 15) is 4.79 Å². The lowest BCUT2D eigenvalue weighted by atomic mass is 10.4. The number of carbonyl (C=O) groups is 1. The summed E-state index contributed by atoms with van der Waals surface area (Å²) in [4.78, 5) is 9.76. The Labute approximate surface area is 52.5 Å². The summed E-state index contributed by atoms with van der Waals surface area (Å²) in [6.45, 7) is 0.0616. The molecule has 0 aromatic carbocycles. The fourth-order valence-electron chi connectivity index (χ4n) is 0.288. The molecule has 9 heavy (non-hydrogen) atoms. The van der Waals surface area contributed by atoms with Gasteiger partial charge in [-0.3, -0.25) is 0 Å². The zero-order valence-electron chi connectivity index (χ0n) is 4.87. The Balaban J connectivity index is 3.16. The molecule has 0 heterocycles. The number of aliphatic hydroxyl groups is 1. The van der Waals surface area contributed by atoms with Crippen molar-refractivity contribution in [3.05, 3.63) is 0 Å². The van der Waals surface area contributed by atoms with Crippen molar-refractivity contribution in [3.63, 3.8) is 0 Å². The molecule has 0 rings (SSSR count). The molecule has 0 aliphatic rings. The molecule has 1 atom stereocenters. The monoisotopic (exact) mass is 134 g/mol. The molecular formula is C4H10N2O3. The number of nitrogens with two attached hydrogens (primary N) is 1. The topological polar surface area (TPSA) is 95.6 Å². The Bertz CT molecular complexity index is 95.8. The van der Waals surface area contributed by atoms with Crippen LogP contribution in [0.15, 0.2) is 0 Å². The van der Waals surface area contributed by atoms with Crippen molar-refractivity contribution in [2.75, 3.05) is 13.1 Å². The average Bonchev–Trinajstić information content (AvgIpc) is 1.83. The molecule has 0 spiro atoms. The van der Waals surface area contributed by atoms with Crippen LogP contribution in [-0.2, 0) is 0 Å². The second-order valence-electron chi connectivity index (χ2n) is 1.58. The van der Waals surface area contributed by atoms with E-state index in [0.717, 1.165) is 0 Å². The van der Waals surface area contributed by atoms with E-state index >= 15 is 0 Å². The van der Waals surface area contributed by atoms with Gasteiger partial charge in [0.1, 0.15) is 0 Å². The fraction of sp³-hybridized carbons (Fsp3) is 0.750. The second-order valence-corrected chi connectivity index (χ2v) is 1.58. The highest BCUT2D eigenvalue weighted by molar-refractivity contribution is 5.64. The van der Waals surface area contributed by atoms with Gasteiger partial charge >= 0.3 is 6.09 Å². The third kappa shape index (κ3) is 5.05. The van der Waals surface area contributed by atoms with Gasteiger partial charge < -0.3 is 21.3 Å². The molecular weight excluding hydrogens is 124 g/mol. The van der Waals surface area contributed by atoms with Crippen LogP contribution in [0.25, 0.3) is 0 Å². The van der Waals surface area contributed by atoms with Gasteiger partial charge in [0.05, 0.1) is 6.10 Å². The van der Waals surface area contributed by atoms with E-state index in [4.69, 9.17) is 15.9 Å². The van der Waals surface area contributed by atoms with Crippen LogP contribution < -0.4 is 11.1 Å². The van der Waals surface area contributed by atoms with Crippen LogP contribution in [0.3, 0.4) is 0 Å². The highest BCUT2D eigenvalue weighted by Crippen LogP contribution is 1.73. The van der Waals surface area contributed by atoms with Crippen LogP contribution in [0.2, 0.25) is 0 Å². The molecule has 0 aliphatic heterocycles. The van der Waals surface area contributed by atoms with Gasteiger partial charge in [-0.25, -0.2) is 4.79 Å². The molecule has 0 aromatic rings. The predicted molar refractivity (Wildman–Crippen MR) is 31.1 cm³/mol. The first-order valence-electron chi connectivity index (χ1n) is 2.51. The van der Waals surface area contributed by atoms with Gasteiger partial charge in [-0.2, -0.15) is 0 Å². The van der Waals surface area contributed by atoms with Crippen molar-refractivity contribution in [3.8, 4) is 0 Å². The Kier molecular flexibility index (Phi) is 3.74. The third-order valence-corrected chi connectivity index (χ3v) is 0.761. The summed E-state index contributed by atoms with van der Waals surface area (Å²) in [7, 11) is 0. The van der Waals surface area contributed by atoms with Gasteiger partial charge in [0.2, 0.25) is 0 Å². The van der Waals surface area contributed by atoms with Gasteiger partial charge in [0, 0.05) is 13.1 Å². The number of carboxylic acid groups (broad SMARTS) is 1. The molecule has 5 nitrogen and oxygen atoms in total. The van der Waals surface area contributed by atoms with Gasteiger partial charge in [0.15, 0.2) is 0 Å². The molecule has 5 N–H and O–H groups in total. The van der Waals surface area contributed by atoms with Crippen LogP contribution in [0.5, 0.6) is 0 Å². The minimum Gasteiger partial charge on any atom is -0.465 e. The molecule has 54 valence electrons. The first kappa shape index (κ1) is 8.19. The smallest absolute Gasteiger partial charge is 0.404 e. The lowest BCUT2D eigenvalue weighted by Gasteiger charge is -2.05. The van der Waals surface area contributed by atoms with E-state index in [-0.39, 0.29) is 13.1 Å². The van der Waals surface area contributed by atoms with Crippen molar-refractivity contribution in [1.82, 2.24) is 5.32 Å². The summed E-state index contributed by atoms with van der Waals surface area (Å²) in [5.74, 6) is 0. The quantitative estimate of drug-likeness (QED) is 0.380. The maximum Gasteiger partial charge on any atom is 0.404 e. The molecule has 1 amide bonds. The van der Waals surface area contributed by atoms with Crippen LogP contribution in [0.1, 0.15) is 0 Å².